The fraction of sp³-hybridized carbons (Fsp3) is 0.667. The van der Waals surface area contributed by atoms with Crippen LogP contribution in [0.5, 0.6) is 0 Å². The van der Waals surface area contributed by atoms with Gasteiger partial charge in [-0.1, -0.05) is 24.9 Å². The van der Waals surface area contributed by atoms with Crippen molar-refractivity contribution in [2.24, 2.45) is 13.0 Å². The average molecular weight is 316 g/mol. The minimum atomic E-state index is 0.866. The molecule has 0 saturated carbocycles. The maximum Gasteiger partial charge on any atom is 0.151 e. The van der Waals surface area contributed by atoms with E-state index in [1.54, 1.807) is 0 Å². The van der Waals surface area contributed by atoms with E-state index in [1.165, 1.54) is 45.2 Å². The van der Waals surface area contributed by atoms with Crippen molar-refractivity contribution in [1.82, 2.24) is 19.8 Å². The van der Waals surface area contributed by atoms with Gasteiger partial charge in [0.05, 0.1) is 12.7 Å². The average Bonchev–Trinajstić information content (AvgIpc) is 3.04. The number of aromatic nitrogens is 3. The van der Waals surface area contributed by atoms with Gasteiger partial charge in [0.2, 0.25) is 0 Å². The first-order valence-corrected chi connectivity index (χ1v) is 8.84. The van der Waals surface area contributed by atoms with Crippen LogP contribution in [0.15, 0.2) is 16.8 Å². The highest BCUT2D eigenvalue weighted by molar-refractivity contribution is 5.60. The third-order valence-corrected chi connectivity index (χ3v) is 5.09. The van der Waals surface area contributed by atoms with E-state index >= 15 is 0 Å². The Labute approximate surface area is 138 Å². The van der Waals surface area contributed by atoms with E-state index in [4.69, 9.17) is 4.52 Å². The Bertz CT molecular complexity index is 631. The Morgan fingerprint density at radius 3 is 2.91 bits per heavy atom. The van der Waals surface area contributed by atoms with Crippen LogP contribution in [-0.4, -0.2) is 32.9 Å². The van der Waals surface area contributed by atoms with Gasteiger partial charge in [-0.3, -0.25) is 9.58 Å². The molecule has 0 N–H and O–H groups in total. The third kappa shape index (κ3) is 3.83. The SMILES string of the molecule is CCC[C@H]1CCCN(Cc2cc(-c3cnn(C)c3C)no2)CC1. The van der Waals surface area contributed by atoms with E-state index in [0.717, 1.165) is 35.2 Å². The van der Waals surface area contributed by atoms with Crippen LogP contribution in [0.2, 0.25) is 0 Å². The molecule has 0 aromatic carbocycles. The molecule has 1 atom stereocenters. The van der Waals surface area contributed by atoms with Gasteiger partial charge in [0.25, 0.3) is 0 Å². The summed E-state index contributed by atoms with van der Waals surface area (Å²) in [6.07, 6.45) is 8.53. The molecule has 1 saturated heterocycles. The smallest absolute Gasteiger partial charge is 0.151 e. The van der Waals surface area contributed by atoms with Crippen molar-refractivity contribution in [1.29, 1.82) is 0 Å². The Morgan fingerprint density at radius 2 is 2.17 bits per heavy atom. The summed E-state index contributed by atoms with van der Waals surface area (Å²) in [5.74, 6) is 1.87. The van der Waals surface area contributed by atoms with Gasteiger partial charge in [-0.05, 0) is 45.2 Å². The molecule has 2 aromatic heterocycles. The summed E-state index contributed by atoms with van der Waals surface area (Å²) in [7, 11) is 1.95. The molecule has 0 amide bonds. The summed E-state index contributed by atoms with van der Waals surface area (Å²) in [6.45, 7) is 7.55. The molecule has 1 aliphatic heterocycles. The fourth-order valence-corrected chi connectivity index (χ4v) is 3.56. The number of hydrogen-bond acceptors (Lipinski definition) is 4. The standard InChI is InChI=1S/C18H28N4O/c1-4-6-15-7-5-9-22(10-8-15)13-16-11-18(20-23-16)17-12-19-21(3)14(17)2/h11-12,15H,4-10,13H2,1-3H3/t15-/m0/s1. The lowest BCUT2D eigenvalue weighted by Gasteiger charge is -2.18. The first-order chi connectivity index (χ1) is 11.2. The van der Waals surface area contributed by atoms with Crippen LogP contribution < -0.4 is 0 Å². The molecule has 3 rings (SSSR count). The van der Waals surface area contributed by atoms with Gasteiger partial charge < -0.3 is 4.52 Å². The molecule has 0 unspecified atom stereocenters. The van der Waals surface area contributed by atoms with E-state index in [2.05, 4.69) is 35.1 Å². The molecule has 126 valence electrons. The molecule has 0 aliphatic carbocycles. The topological polar surface area (TPSA) is 47.1 Å². The van der Waals surface area contributed by atoms with Crippen LogP contribution in [0, 0.1) is 12.8 Å². The Morgan fingerprint density at radius 1 is 1.30 bits per heavy atom. The Balaban J connectivity index is 1.62. The fourth-order valence-electron chi connectivity index (χ4n) is 3.56. The first-order valence-electron chi connectivity index (χ1n) is 8.84. The van der Waals surface area contributed by atoms with Gasteiger partial charge in [0.15, 0.2) is 5.76 Å². The summed E-state index contributed by atoms with van der Waals surface area (Å²) < 4.78 is 7.44. The maximum absolute atomic E-state index is 5.57. The lowest BCUT2D eigenvalue weighted by atomic mass is 9.96. The van der Waals surface area contributed by atoms with Crippen LogP contribution in [0.3, 0.4) is 0 Å². The van der Waals surface area contributed by atoms with Crippen molar-refractivity contribution in [3.8, 4) is 11.3 Å². The van der Waals surface area contributed by atoms with E-state index in [0.29, 0.717) is 0 Å². The number of hydrogen-bond donors (Lipinski definition) is 0. The van der Waals surface area contributed by atoms with Crippen LogP contribution in [-0.2, 0) is 13.6 Å². The van der Waals surface area contributed by atoms with Gasteiger partial charge in [-0.2, -0.15) is 5.10 Å². The zero-order chi connectivity index (χ0) is 16.2. The summed E-state index contributed by atoms with van der Waals surface area (Å²) >= 11 is 0. The highest BCUT2D eigenvalue weighted by Gasteiger charge is 2.19. The summed E-state index contributed by atoms with van der Waals surface area (Å²) in [5.41, 5.74) is 3.06. The van der Waals surface area contributed by atoms with Gasteiger partial charge in [-0.15, -0.1) is 0 Å². The second-order valence-corrected chi connectivity index (χ2v) is 6.81. The van der Waals surface area contributed by atoms with Crippen molar-refractivity contribution in [3.63, 3.8) is 0 Å². The number of aryl methyl sites for hydroxylation is 1. The molecule has 5 nitrogen and oxygen atoms in total. The van der Waals surface area contributed by atoms with Crippen LogP contribution in [0.4, 0.5) is 0 Å². The third-order valence-electron chi connectivity index (χ3n) is 5.09. The van der Waals surface area contributed by atoms with Gasteiger partial charge in [0, 0.05) is 24.4 Å². The number of likely N-dealkylation sites (tertiary alicyclic amines) is 1. The molecule has 5 heteroatoms. The van der Waals surface area contributed by atoms with Crippen molar-refractivity contribution < 1.29 is 4.52 Å². The number of rotatable bonds is 5. The zero-order valence-electron chi connectivity index (χ0n) is 14.6. The van der Waals surface area contributed by atoms with Crippen molar-refractivity contribution in [2.45, 2.75) is 52.5 Å². The molecule has 0 spiro atoms. The summed E-state index contributed by atoms with van der Waals surface area (Å²) in [4.78, 5) is 2.51. The molecular weight excluding hydrogens is 288 g/mol. The van der Waals surface area contributed by atoms with Gasteiger partial charge in [0.1, 0.15) is 5.69 Å². The molecule has 0 radical (unpaired) electrons. The van der Waals surface area contributed by atoms with E-state index in [1.807, 2.05) is 17.9 Å². The first kappa shape index (κ1) is 16.2. The minimum absolute atomic E-state index is 0.866. The minimum Gasteiger partial charge on any atom is -0.359 e. The predicted molar refractivity (Wildman–Crippen MR) is 91.0 cm³/mol. The van der Waals surface area contributed by atoms with Crippen molar-refractivity contribution in [3.05, 3.63) is 23.7 Å². The quantitative estimate of drug-likeness (QED) is 0.842. The second-order valence-electron chi connectivity index (χ2n) is 6.81. The molecule has 1 aliphatic rings. The molecule has 0 bridgehead atoms. The Kier molecular flexibility index (Phi) is 5.16. The predicted octanol–water partition coefficient (Wildman–Crippen LogP) is 3.79. The van der Waals surface area contributed by atoms with Crippen molar-refractivity contribution in [2.75, 3.05) is 13.1 Å². The van der Waals surface area contributed by atoms with Crippen LogP contribution in [0.25, 0.3) is 11.3 Å². The highest BCUT2D eigenvalue weighted by Crippen LogP contribution is 2.25. The summed E-state index contributed by atoms with van der Waals surface area (Å²) in [5, 5.41) is 8.52. The van der Waals surface area contributed by atoms with Gasteiger partial charge in [-0.25, -0.2) is 0 Å². The normalized spacial score (nSPS) is 19.9. The molecule has 23 heavy (non-hydrogen) atoms. The molecular formula is C18H28N4O. The lowest BCUT2D eigenvalue weighted by Crippen LogP contribution is -2.24. The van der Waals surface area contributed by atoms with Crippen molar-refractivity contribution >= 4 is 0 Å². The second kappa shape index (κ2) is 7.30. The molecule has 1 fully saturated rings. The van der Waals surface area contributed by atoms with E-state index in [9.17, 15) is 0 Å². The zero-order valence-corrected chi connectivity index (χ0v) is 14.6. The molecule has 3 heterocycles. The molecule has 2 aromatic rings. The lowest BCUT2D eigenvalue weighted by molar-refractivity contribution is 0.235. The van der Waals surface area contributed by atoms with E-state index in [-0.39, 0.29) is 0 Å². The van der Waals surface area contributed by atoms with Gasteiger partial charge >= 0.3 is 0 Å². The van der Waals surface area contributed by atoms with E-state index < -0.39 is 0 Å². The van der Waals surface area contributed by atoms with Crippen LogP contribution >= 0.6 is 0 Å². The monoisotopic (exact) mass is 316 g/mol. The Hall–Kier alpha value is -1.62. The highest BCUT2D eigenvalue weighted by atomic mass is 16.5. The maximum atomic E-state index is 5.57. The largest absolute Gasteiger partial charge is 0.359 e. The summed E-state index contributed by atoms with van der Waals surface area (Å²) in [6, 6.07) is 2.07. The number of nitrogens with zero attached hydrogens (tertiary/aromatic N) is 4. The van der Waals surface area contributed by atoms with Crippen LogP contribution in [0.1, 0.15) is 50.5 Å².